The second-order valence-corrected chi connectivity index (χ2v) is 6.02. The smallest absolute Gasteiger partial charge is 0.0764 e. The summed E-state index contributed by atoms with van der Waals surface area (Å²) >= 11 is 15.9. The van der Waals surface area contributed by atoms with Crippen molar-refractivity contribution in [2.45, 2.75) is 13.8 Å². The number of hydrogen-bond donors (Lipinski definition) is 2. The Morgan fingerprint density at radius 1 is 1.00 bits per heavy atom. The van der Waals surface area contributed by atoms with Crippen LogP contribution in [0.1, 0.15) is 11.1 Å². The summed E-state index contributed by atoms with van der Waals surface area (Å²) in [5.74, 6) is 0. The fourth-order valence-corrected chi connectivity index (χ4v) is 2.70. The lowest BCUT2D eigenvalue weighted by Crippen LogP contribution is -1.96. The molecule has 3 N–H and O–H groups in total. The summed E-state index contributed by atoms with van der Waals surface area (Å²) in [7, 11) is 0. The van der Waals surface area contributed by atoms with E-state index < -0.39 is 0 Å². The molecule has 0 spiro atoms. The van der Waals surface area contributed by atoms with Crippen molar-refractivity contribution in [2.75, 3.05) is 11.1 Å². The van der Waals surface area contributed by atoms with Crippen LogP contribution in [0.15, 0.2) is 28.7 Å². The molecule has 0 aliphatic rings. The zero-order valence-electron chi connectivity index (χ0n) is 10.5. The van der Waals surface area contributed by atoms with Crippen LogP contribution < -0.4 is 11.1 Å². The molecular formula is C14H13BrCl2N2. The fourth-order valence-electron chi connectivity index (χ4n) is 1.87. The Bertz CT molecular complexity index is 595. The van der Waals surface area contributed by atoms with Gasteiger partial charge in [0, 0.05) is 15.8 Å². The SMILES string of the molecule is Cc1cc(Nc2c(Cl)cc(N)cc2Cl)cc(C)c1Br. The van der Waals surface area contributed by atoms with Crippen molar-refractivity contribution in [1.82, 2.24) is 0 Å². The number of aryl methyl sites for hydroxylation is 2. The van der Waals surface area contributed by atoms with Gasteiger partial charge in [-0.2, -0.15) is 0 Å². The summed E-state index contributed by atoms with van der Waals surface area (Å²) in [6.07, 6.45) is 0. The minimum absolute atomic E-state index is 0.503. The van der Waals surface area contributed by atoms with E-state index in [4.69, 9.17) is 28.9 Å². The first-order valence-electron chi connectivity index (χ1n) is 5.67. The molecule has 2 aromatic rings. The van der Waals surface area contributed by atoms with E-state index in [0.717, 1.165) is 21.3 Å². The minimum Gasteiger partial charge on any atom is -0.399 e. The van der Waals surface area contributed by atoms with Gasteiger partial charge in [-0.25, -0.2) is 0 Å². The number of hydrogen-bond acceptors (Lipinski definition) is 2. The van der Waals surface area contributed by atoms with E-state index in [1.165, 1.54) is 0 Å². The molecule has 0 heterocycles. The molecule has 2 nitrogen and oxygen atoms in total. The van der Waals surface area contributed by atoms with Gasteiger partial charge in [0.1, 0.15) is 0 Å². The number of rotatable bonds is 2. The highest BCUT2D eigenvalue weighted by Gasteiger charge is 2.09. The van der Waals surface area contributed by atoms with E-state index >= 15 is 0 Å². The second kappa shape index (κ2) is 5.61. The van der Waals surface area contributed by atoms with Crippen LogP contribution in [0.5, 0.6) is 0 Å². The molecule has 0 radical (unpaired) electrons. The standard InChI is InChI=1S/C14H13BrCl2N2/c1-7-3-10(4-8(2)13(7)15)19-14-11(16)5-9(18)6-12(14)17/h3-6,19H,18H2,1-2H3. The van der Waals surface area contributed by atoms with Crippen LogP contribution >= 0.6 is 39.1 Å². The summed E-state index contributed by atoms with van der Waals surface area (Å²) in [5.41, 5.74) is 10.1. The highest BCUT2D eigenvalue weighted by Crippen LogP contribution is 2.36. The lowest BCUT2D eigenvalue weighted by atomic mass is 10.1. The van der Waals surface area contributed by atoms with Crippen molar-refractivity contribution in [3.8, 4) is 0 Å². The molecule has 0 bridgehead atoms. The van der Waals surface area contributed by atoms with Crippen LogP contribution in [0.25, 0.3) is 0 Å². The maximum atomic E-state index is 6.16. The van der Waals surface area contributed by atoms with Gasteiger partial charge in [-0.1, -0.05) is 39.1 Å². The summed E-state index contributed by atoms with van der Waals surface area (Å²) in [5, 5.41) is 4.24. The van der Waals surface area contributed by atoms with E-state index in [0.29, 0.717) is 21.4 Å². The number of halogens is 3. The van der Waals surface area contributed by atoms with Crippen molar-refractivity contribution in [3.63, 3.8) is 0 Å². The predicted octanol–water partition coefficient (Wildman–Crippen LogP) is 5.70. The van der Waals surface area contributed by atoms with E-state index in [-0.39, 0.29) is 0 Å². The third kappa shape index (κ3) is 3.16. The van der Waals surface area contributed by atoms with Crippen LogP contribution in [-0.2, 0) is 0 Å². The molecule has 0 saturated heterocycles. The molecule has 2 rings (SSSR count). The first kappa shape index (κ1) is 14.5. The number of nitrogens with two attached hydrogens (primary N) is 1. The molecule has 19 heavy (non-hydrogen) atoms. The Morgan fingerprint density at radius 3 is 1.95 bits per heavy atom. The Hall–Kier alpha value is -0.900. The molecule has 0 aliphatic carbocycles. The molecule has 0 unspecified atom stereocenters. The van der Waals surface area contributed by atoms with E-state index in [2.05, 4.69) is 21.2 Å². The van der Waals surface area contributed by atoms with Crippen LogP contribution in [0.2, 0.25) is 10.0 Å². The topological polar surface area (TPSA) is 38.0 Å². The largest absolute Gasteiger partial charge is 0.399 e. The number of nitrogen functional groups attached to an aromatic ring is 1. The van der Waals surface area contributed by atoms with Crippen LogP contribution in [-0.4, -0.2) is 0 Å². The van der Waals surface area contributed by atoms with Gasteiger partial charge >= 0.3 is 0 Å². The Labute approximate surface area is 131 Å². The van der Waals surface area contributed by atoms with Gasteiger partial charge in [0.2, 0.25) is 0 Å². The third-order valence-electron chi connectivity index (χ3n) is 2.77. The molecule has 0 atom stereocenters. The number of nitrogens with one attached hydrogen (secondary N) is 1. The van der Waals surface area contributed by atoms with Gasteiger partial charge in [0.05, 0.1) is 15.7 Å². The average molecular weight is 360 g/mol. The zero-order chi connectivity index (χ0) is 14.2. The normalized spacial score (nSPS) is 10.6. The van der Waals surface area contributed by atoms with Crippen molar-refractivity contribution < 1.29 is 0 Å². The maximum absolute atomic E-state index is 6.16. The lowest BCUT2D eigenvalue weighted by molar-refractivity contribution is 1.33. The number of anilines is 3. The average Bonchev–Trinajstić information content (AvgIpc) is 2.30. The van der Waals surface area contributed by atoms with Crippen LogP contribution in [0.3, 0.4) is 0 Å². The fraction of sp³-hybridized carbons (Fsp3) is 0.143. The van der Waals surface area contributed by atoms with Crippen LogP contribution in [0, 0.1) is 13.8 Å². The monoisotopic (exact) mass is 358 g/mol. The maximum Gasteiger partial charge on any atom is 0.0764 e. The second-order valence-electron chi connectivity index (χ2n) is 4.41. The molecule has 0 fully saturated rings. The van der Waals surface area contributed by atoms with E-state index in [1.54, 1.807) is 12.1 Å². The molecule has 100 valence electrons. The van der Waals surface area contributed by atoms with Gasteiger partial charge in [-0.05, 0) is 49.2 Å². The van der Waals surface area contributed by atoms with E-state index in [1.807, 2.05) is 26.0 Å². The minimum atomic E-state index is 0.503. The van der Waals surface area contributed by atoms with Gasteiger partial charge < -0.3 is 11.1 Å². The first-order chi connectivity index (χ1) is 8.88. The van der Waals surface area contributed by atoms with Crippen LogP contribution in [0.4, 0.5) is 17.1 Å². The summed E-state index contributed by atoms with van der Waals surface area (Å²) < 4.78 is 1.10. The Morgan fingerprint density at radius 2 is 1.47 bits per heavy atom. The van der Waals surface area contributed by atoms with Crippen molar-refractivity contribution in [1.29, 1.82) is 0 Å². The molecular weight excluding hydrogens is 347 g/mol. The lowest BCUT2D eigenvalue weighted by Gasteiger charge is -2.13. The highest BCUT2D eigenvalue weighted by atomic mass is 79.9. The molecule has 0 amide bonds. The third-order valence-corrected chi connectivity index (χ3v) is 4.62. The Balaban J connectivity index is 2.42. The van der Waals surface area contributed by atoms with Crippen molar-refractivity contribution in [3.05, 3.63) is 49.9 Å². The molecule has 2 aromatic carbocycles. The quantitative estimate of drug-likeness (QED) is 0.675. The van der Waals surface area contributed by atoms with Gasteiger partial charge in [-0.15, -0.1) is 0 Å². The van der Waals surface area contributed by atoms with Gasteiger partial charge in [-0.3, -0.25) is 0 Å². The summed E-state index contributed by atoms with van der Waals surface area (Å²) in [4.78, 5) is 0. The van der Waals surface area contributed by atoms with Crippen molar-refractivity contribution in [2.24, 2.45) is 0 Å². The first-order valence-corrected chi connectivity index (χ1v) is 7.21. The molecule has 5 heteroatoms. The summed E-state index contributed by atoms with van der Waals surface area (Å²) in [6, 6.07) is 7.41. The zero-order valence-corrected chi connectivity index (χ0v) is 13.6. The molecule has 0 aromatic heterocycles. The molecule has 0 aliphatic heterocycles. The van der Waals surface area contributed by atoms with Gasteiger partial charge in [0.25, 0.3) is 0 Å². The number of benzene rings is 2. The predicted molar refractivity (Wildman–Crippen MR) is 87.8 cm³/mol. The van der Waals surface area contributed by atoms with Gasteiger partial charge in [0.15, 0.2) is 0 Å². The Kier molecular flexibility index (Phi) is 4.29. The summed E-state index contributed by atoms with van der Waals surface area (Å²) in [6.45, 7) is 4.07. The highest BCUT2D eigenvalue weighted by molar-refractivity contribution is 9.10. The van der Waals surface area contributed by atoms with Crippen molar-refractivity contribution >= 4 is 56.2 Å². The molecule has 0 saturated carbocycles. The van der Waals surface area contributed by atoms with E-state index in [9.17, 15) is 0 Å².